The molecular weight excluding hydrogens is 524 g/mol. The van der Waals surface area contributed by atoms with Gasteiger partial charge in [0.25, 0.3) is 0 Å². The molecule has 0 aromatic rings. The van der Waals surface area contributed by atoms with E-state index in [1.807, 2.05) is 13.8 Å². The number of rotatable bonds is 11. The van der Waals surface area contributed by atoms with Crippen LogP contribution in [0.2, 0.25) is 0 Å². The molecule has 0 amide bonds. The molecular formula is C33H56O8. The first-order valence-electron chi connectivity index (χ1n) is 16.1. The maximum absolute atomic E-state index is 12.9. The van der Waals surface area contributed by atoms with E-state index in [-0.39, 0.29) is 36.1 Å². The first kappa shape index (κ1) is 33.8. The quantitative estimate of drug-likeness (QED) is 0.172. The largest absolute Gasteiger partial charge is 0.459 e. The highest BCUT2D eigenvalue weighted by Crippen LogP contribution is 2.58. The Kier molecular flexibility index (Phi) is 11.3. The summed E-state index contributed by atoms with van der Waals surface area (Å²) in [6, 6.07) is 0. The Balaban J connectivity index is 1.93. The second-order valence-electron chi connectivity index (χ2n) is 14.1. The number of hydrogen-bond donors (Lipinski definition) is 1. The van der Waals surface area contributed by atoms with Crippen LogP contribution >= 0.6 is 0 Å². The first-order valence-corrected chi connectivity index (χ1v) is 16.1. The van der Waals surface area contributed by atoms with Crippen molar-refractivity contribution in [3.8, 4) is 0 Å². The molecule has 1 aliphatic carbocycles. The average Bonchev–Trinajstić information content (AvgIpc) is 3.23. The summed E-state index contributed by atoms with van der Waals surface area (Å²) in [5, 5.41) is 11.9. The molecule has 236 valence electrons. The Hall–Kier alpha value is -1.67. The molecule has 41 heavy (non-hydrogen) atoms. The number of aliphatic hydroxyl groups is 1. The lowest BCUT2D eigenvalue weighted by atomic mass is 9.57. The maximum atomic E-state index is 12.9. The molecule has 1 N–H and O–H groups in total. The fraction of sp³-hybridized carbons (Fsp3) is 0.909. The molecule has 1 saturated carbocycles. The van der Waals surface area contributed by atoms with Gasteiger partial charge in [-0.1, -0.05) is 52.9 Å². The summed E-state index contributed by atoms with van der Waals surface area (Å²) >= 11 is 0. The van der Waals surface area contributed by atoms with Crippen LogP contribution < -0.4 is 0 Å². The highest BCUT2D eigenvalue weighted by Gasteiger charge is 2.65. The van der Waals surface area contributed by atoms with Gasteiger partial charge in [0.15, 0.2) is 0 Å². The number of unbranched alkanes of at least 4 members (excludes halogenated alkanes) is 5. The number of ether oxygens (including phenoxy) is 4. The van der Waals surface area contributed by atoms with Crippen LogP contribution in [0.4, 0.5) is 0 Å². The van der Waals surface area contributed by atoms with E-state index in [2.05, 4.69) is 20.8 Å². The van der Waals surface area contributed by atoms with E-state index in [0.717, 1.165) is 25.7 Å². The third-order valence-electron chi connectivity index (χ3n) is 10.1. The van der Waals surface area contributed by atoms with Crippen LogP contribution in [-0.4, -0.2) is 58.1 Å². The van der Waals surface area contributed by atoms with E-state index < -0.39 is 41.1 Å². The molecule has 9 unspecified atom stereocenters. The predicted octanol–water partition coefficient (Wildman–Crippen LogP) is 6.29. The third-order valence-corrected chi connectivity index (χ3v) is 10.1. The average molecular weight is 581 g/mol. The van der Waals surface area contributed by atoms with Gasteiger partial charge >= 0.3 is 17.9 Å². The first-order chi connectivity index (χ1) is 19.1. The molecule has 0 radical (unpaired) electrons. The van der Waals surface area contributed by atoms with Crippen LogP contribution in [0.25, 0.3) is 0 Å². The summed E-state index contributed by atoms with van der Waals surface area (Å²) in [5.74, 6) is -0.705. The molecule has 0 aromatic heterocycles. The van der Waals surface area contributed by atoms with Crippen molar-refractivity contribution in [2.75, 3.05) is 0 Å². The van der Waals surface area contributed by atoms with Crippen molar-refractivity contribution in [3.05, 3.63) is 0 Å². The van der Waals surface area contributed by atoms with Crippen molar-refractivity contribution >= 4 is 17.9 Å². The highest BCUT2D eigenvalue weighted by atomic mass is 16.6. The summed E-state index contributed by atoms with van der Waals surface area (Å²) in [4.78, 5) is 37.7. The minimum atomic E-state index is -1.38. The van der Waals surface area contributed by atoms with E-state index in [9.17, 15) is 19.5 Å². The normalized spacial score (nSPS) is 38.8. The fourth-order valence-electron chi connectivity index (χ4n) is 8.15. The predicted molar refractivity (Wildman–Crippen MR) is 156 cm³/mol. The van der Waals surface area contributed by atoms with Crippen molar-refractivity contribution in [2.45, 2.75) is 168 Å². The smallest absolute Gasteiger partial charge is 0.306 e. The summed E-state index contributed by atoms with van der Waals surface area (Å²) in [6.07, 6.45) is 7.49. The van der Waals surface area contributed by atoms with E-state index in [1.54, 1.807) is 6.92 Å². The lowest BCUT2D eigenvalue weighted by Crippen LogP contribution is -2.58. The van der Waals surface area contributed by atoms with Gasteiger partial charge in [0.05, 0.1) is 6.10 Å². The zero-order valence-corrected chi connectivity index (χ0v) is 26.8. The number of carbonyl (C=O) groups excluding carboxylic acids is 3. The maximum Gasteiger partial charge on any atom is 0.306 e. The molecule has 3 fully saturated rings. The Morgan fingerprint density at radius 1 is 0.902 bits per heavy atom. The molecule has 2 bridgehead atoms. The fourth-order valence-corrected chi connectivity index (χ4v) is 8.15. The molecule has 0 aromatic carbocycles. The molecule has 8 nitrogen and oxygen atoms in total. The zero-order chi connectivity index (χ0) is 30.6. The summed E-state index contributed by atoms with van der Waals surface area (Å²) in [5.41, 5.74) is -3.18. The van der Waals surface area contributed by atoms with Gasteiger partial charge in [-0.15, -0.1) is 0 Å². The van der Waals surface area contributed by atoms with Crippen LogP contribution in [0.5, 0.6) is 0 Å². The van der Waals surface area contributed by atoms with Gasteiger partial charge in [-0.05, 0) is 64.7 Å². The molecule has 9 atom stereocenters. The zero-order valence-electron chi connectivity index (χ0n) is 26.8. The van der Waals surface area contributed by atoms with E-state index in [0.29, 0.717) is 31.6 Å². The van der Waals surface area contributed by atoms with E-state index >= 15 is 0 Å². The van der Waals surface area contributed by atoms with Crippen LogP contribution in [-0.2, 0) is 33.3 Å². The van der Waals surface area contributed by atoms with Gasteiger partial charge < -0.3 is 24.1 Å². The van der Waals surface area contributed by atoms with Crippen LogP contribution in [0.15, 0.2) is 0 Å². The topological polar surface area (TPSA) is 108 Å². The Bertz CT molecular complexity index is 915. The lowest BCUT2D eigenvalue weighted by molar-refractivity contribution is -0.185. The number of esters is 3. The van der Waals surface area contributed by atoms with Crippen molar-refractivity contribution in [2.24, 2.45) is 23.7 Å². The van der Waals surface area contributed by atoms with Gasteiger partial charge in [0.1, 0.15) is 29.0 Å². The Morgan fingerprint density at radius 3 is 2.10 bits per heavy atom. The number of fused-ring (bicyclic) bond motifs is 5. The van der Waals surface area contributed by atoms with Crippen molar-refractivity contribution in [1.29, 1.82) is 0 Å². The second-order valence-corrected chi connectivity index (χ2v) is 14.1. The molecule has 2 saturated heterocycles. The minimum absolute atomic E-state index is 0.0370. The molecule has 3 rings (SSSR count). The van der Waals surface area contributed by atoms with Crippen LogP contribution in [0.1, 0.15) is 132 Å². The van der Waals surface area contributed by atoms with Gasteiger partial charge in [0, 0.05) is 38.5 Å². The minimum Gasteiger partial charge on any atom is -0.459 e. The summed E-state index contributed by atoms with van der Waals surface area (Å²) < 4.78 is 24.9. The van der Waals surface area contributed by atoms with Gasteiger partial charge in [-0.3, -0.25) is 14.4 Å². The Morgan fingerprint density at radius 2 is 1.49 bits per heavy atom. The van der Waals surface area contributed by atoms with Crippen LogP contribution in [0.3, 0.4) is 0 Å². The lowest BCUT2D eigenvalue weighted by Gasteiger charge is -2.51. The van der Waals surface area contributed by atoms with E-state index in [1.165, 1.54) is 33.1 Å². The number of carbonyl (C=O) groups is 3. The summed E-state index contributed by atoms with van der Waals surface area (Å²) in [7, 11) is 0. The molecule has 2 aliphatic heterocycles. The molecule has 3 aliphatic rings. The molecule has 2 heterocycles. The van der Waals surface area contributed by atoms with Gasteiger partial charge in [-0.2, -0.15) is 0 Å². The second kappa shape index (κ2) is 13.7. The van der Waals surface area contributed by atoms with Crippen molar-refractivity contribution < 1.29 is 38.4 Å². The number of hydrogen-bond acceptors (Lipinski definition) is 8. The van der Waals surface area contributed by atoms with Crippen molar-refractivity contribution in [3.63, 3.8) is 0 Å². The Labute approximate surface area is 247 Å². The molecule has 0 spiro atoms. The monoisotopic (exact) mass is 580 g/mol. The molecule has 8 heteroatoms. The SMILES string of the molecule is CCCCCCCCC(=O)OC1CCC(C)(OC(C)=O)C2OC(CC1(C)O)C1C2C(C(C)C)CCC1(C)OC(C)=O. The van der Waals surface area contributed by atoms with Crippen molar-refractivity contribution in [1.82, 2.24) is 0 Å². The van der Waals surface area contributed by atoms with Gasteiger partial charge in [-0.25, -0.2) is 0 Å². The van der Waals surface area contributed by atoms with Crippen LogP contribution in [0, 0.1) is 23.7 Å². The van der Waals surface area contributed by atoms with Gasteiger partial charge in [0.2, 0.25) is 0 Å². The summed E-state index contributed by atoms with van der Waals surface area (Å²) in [6.45, 7) is 15.0. The third kappa shape index (κ3) is 8.04. The van der Waals surface area contributed by atoms with E-state index in [4.69, 9.17) is 18.9 Å². The standard InChI is InChI=1S/C33H56O8/c1-9-10-11-12-13-14-15-27(36)39-26-17-19-33(8,41-23(5)35)30-28-24(21(2)3)16-18-32(7,40-22(4)34)29(28)25(38-30)20-31(26,6)37/h21,24-26,28-30,37H,9-20H2,1-8H3. The highest BCUT2D eigenvalue weighted by molar-refractivity contribution is 5.69.